The van der Waals surface area contributed by atoms with Crippen molar-refractivity contribution in [2.24, 2.45) is 5.92 Å². The fourth-order valence-electron chi connectivity index (χ4n) is 3.80. The summed E-state index contributed by atoms with van der Waals surface area (Å²) in [6.45, 7) is 5.57. The average molecular weight is 364 g/mol. The maximum absolute atomic E-state index is 12.8. The molecule has 1 heterocycles. The third kappa shape index (κ3) is 4.57. The molecule has 0 aliphatic carbocycles. The van der Waals surface area contributed by atoms with Gasteiger partial charge in [0.1, 0.15) is 6.04 Å². The smallest absolute Gasteiger partial charge is 0.254 e. The molecule has 27 heavy (non-hydrogen) atoms. The summed E-state index contributed by atoms with van der Waals surface area (Å²) in [6, 6.07) is 19.1. The van der Waals surface area contributed by atoms with Crippen molar-refractivity contribution in [1.29, 1.82) is 0 Å². The molecule has 0 saturated carbocycles. The highest BCUT2D eigenvalue weighted by Gasteiger charge is 2.34. The van der Waals surface area contributed by atoms with Crippen LogP contribution in [0.4, 0.5) is 0 Å². The Morgan fingerprint density at radius 2 is 1.67 bits per heavy atom. The fraction of sp³-hybridized carbons (Fsp3) is 0.391. The van der Waals surface area contributed by atoms with Crippen LogP contribution >= 0.6 is 0 Å². The molecule has 2 aromatic carbocycles. The summed E-state index contributed by atoms with van der Waals surface area (Å²) in [5, 5.41) is 3.11. The van der Waals surface area contributed by atoms with Gasteiger partial charge < -0.3 is 10.2 Å². The summed E-state index contributed by atoms with van der Waals surface area (Å²) in [4.78, 5) is 27.3. The van der Waals surface area contributed by atoms with E-state index in [2.05, 4.69) is 31.3 Å². The molecule has 0 aromatic heterocycles. The summed E-state index contributed by atoms with van der Waals surface area (Å²) < 4.78 is 0. The highest BCUT2D eigenvalue weighted by molar-refractivity contribution is 5.97. The summed E-state index contributed by atoms with van der Waals surface area (Å²) >= 11 is 0. The molecule has 3 rings (SSSR count). The number of amides is 2. The van der Waals surface area contributed by atoms with E-state index < -0.39 is 0 Å². The van der Waals surface area contributed by atoms with Gasteiger partial charge in [0.05, 0.1) is 0 Å². The van der Waals surface area contributed by atoms with E-state index in [9.17, 15) is 9.59 Å². The third-order valence-electron chi connectivity index (χ3n) is 5.37. The molecule has 1 aliphatic heterocycles. The number of hydrogen-bond acceptors (Lipinski definition) is 2. The van der Waals surface area contributed by atoms with Gasteiger partial charge in [0, 0.05) is 24.6 Å². The lowest BCUT2D eigenvalue weighted by Crippen LogP contribution is -2.47. The van der Waals surface area contributed by atoms with E-state index in [0.29, 0.717) is 24.6 Å². The number of benzene rings is 2. The Balaban J connectivity index is 1.65. The van der Waals surface area contributed by atoms with Gasteiger partial charge in [-0.2, -0.15) is 0 Å². The molecule has 2 unspecified atom stereocenters. The van der Waals surface area contributed by atoms with Crippen LogP contribution in [0.25, 0.3) is 0 Å². The lowest BCUT2D eigenvalue weighted by atomic mass is 9.88. The van der Waals surface area contributed by atoms with E-state index in [1.165, 1.54) is 5.56 Å². The topological polar surface area (TPSA) is 49.4 Å². The highest BCUT2D eigenvalue weighted by Crippen LogP contribution is 2.24. The van der Waals surface area contributed by atoms with Crippen LogP contribution in [-0.4, -0.2) is 35.8 Å². The van der Waals surface area contributed by atoms with Crippen molar-refractivity contribution in [3.05, 3.63) is 71.8 Å². The zero-order valence-corrected chi connectivity index (χ0v) is 16.1. The van der Waals surface area contributed by atoms with Crippen molar-refractivity contribution >= 4 is 11.8 Å². The first kappa shape index (κ1) is 19.2. The van der Waals surface area contributed by atoms with Crippen molar-refractivity contribution < 1.29 is 9.59 Å². The Bertz CT molecular complexity index is 758. The largest absolute Gasteiger partial charge is 0.354 e. The van der Waals surface area contributed by atoms with Crippen LogP contribution in [0.2, 0.25) is 0 Å². The summed E-state index contributed by atoms with van der Waals surface area (Å²) in [5.41, 5.74) is 1.87. The van der Waals surface area contributed by atoms with Crippen LogP contribution in [0, 0.1) is 5.92 Å². The second-order valence-electron chi connectivity index (χ2n) is 7.53. The normalized spacial score (nSPS) is 17.7. The molecule has 1 N–H and O–H groups in total. The summed E-state index contributed by atoms with van der Waals surface area (Å²) in [5.74, 6) is 0.572. The number of nitrogens with one attached hydrogen (secondary N) is 1. The SMILES string of the molecule is CC(C)C(CNC(=O)C1CCCN1C(=O)c1ccccc1)c1ccccc1. The minimum atomic E-state index is -0.374. The zero-order valence-electron chi connectivity index (χ0n) is 16.1. The Kier molecular flexibility index (Phi) is 6.28. The number of carbonyl (C=O) groups is 2. The van der Waals surface area contributed by atoms with Crippen LogP contribution in [0.5, 0.6) is 0 Å². The fourth-order valence-corrected chi connectivity index (χ4v) is 3.80. The molecule has 0 bridgehead atoms. The van der Waals surface area contributed by atoms with Crippen molar-refractivity contribution in [2.45, 2.75) is 38.6 Å². The van der Waals surface area contributed by atoms with Crippen LogP contribution in [0.1, 0.15) is 48.5 Å². The van der Waals surface area contributed by atoms with E-state index in [1.807, 2.05) is 36.4 Å². The van der Waals surface area contributed by atoms with Gasteiger partial charge in [-0.15, -0.1) is 0 Å². The summed E-state index contributed by atoms with van der Waals surface area (Å²) in [6.07, 6.45) is 1.59. The molecule has 4 nitrogen and oxygen atoms in total. The number of carbonyl (C=O) groups excluding carboxylic acids is 2. The minimum Gasteiger partial charge on any atom is -0.354 e. The average Bonchev–Trinajstić information content (AvgIpc) is 3.18. The lowest BCUT2D eigenvalue weighted by Gasteiger charge is -2.26. The standard InChI is InChI=1S/C23H28N2O2/c1-17(2)20(18-10-5-3-6-11-18)16-24-22(26)21-14-9-15-25(21)23(27)19-12-7-4-8-13-19/h3-8,10-13,17,20-21H,9,14-16H2,1-2H3,(H,24,26). The first-order valence-electron chi connectivity index (χ1n) is 9.76. The van der Waals surface area contributed by atoms with Gasteiger partial charge in [0.2, 0.25) is 5.91 Å². The molecule has 142 valence electrons. The molecular formula is C23H28N2O2. The van der Waals surface area contributed by atoms with Crippen molar-refractivity contribution in [3.8, 4) is 0 Å². The molecule has 0 radical (unpaired) electrons. The van der Waals surface area contributed by atoms with E-state index in [1.54, 1.807) is 17.0 Å². The number of rotatable bonds is 6. The monoisotopic (exact) mass is 364 g/mol. The van der Waals surface area contributed by atoms with E-state index in [0.717, 1.165) is 12.8 Å². The second kappa shape index (κ2) is 8.85. The highest BCUT2D eigenvalue weighted by atomic mass is 16.2. The first-order chi connectivity index (χ1) is 13.1. The number of likely N-dealkylation sites (tertiary alicyclic amines) is 1. The van der Waals surface area contributed by atoms with Gasteiger partial charge in [-0.05, 0) is 36.5 Å². The Hall–Kier alpha value is -2.62. The van der Waals surface area contributed by atoms with Crippen LogP contribution in [-0.2, 0) is 4.79 Å². The molecule has 2 aromatic rings. The maximum Gasteiger partial charge on any atom is 0.254 e. The third-order valence-corrected chi connectivity index (χ3v) is 5.37. The molecular weight excluding hydrogens is 336 g/mol. The van der Waals surface area contributed by atoms with Gasteiger partial charge in [-0.1, -0.05) is 62.4 Å². The molecule has 1 aliphatic rings. The van der Waals surface area contributed by atoms with Crippen molar-refractivity contribution in [1.82, 2.24) is 10.2 Å². The Labute approximate surface area is 161 Å². The molecule has 1 saturated heterocycles. The van der Waals surface area contributed by atoms with E-state index in [-0.39, 0.29) is 23.8 Å². The van der Waals surface area contributed by atoms with Crippen molar-refractivity contribution in [2.75, 3.05) is 13.1 Å². The second-order valence-corrected chi connectivity index (χ2v) is 7.53. The predicted octanol–water partition coefficient (Wildman–Crippen LogP) is 3.85. The van der Waals surface area contributed by atoms with Gasteiger partial charge in [0.15, 0.2) is 0 Å². The molecule has 1 fully saturated rings. The minimum absolute atomic E-state index is 0.0432. The van der Waals surface area contributed by atoms with Crippen LogP contribution in [0.15, 0.2) is 60.7 Å². The summed E-state index contributed by atoms with van der Waals surface area (Å²) in [7, 11) is 0. The number of hydrogen-bond donors (Lipinski definition) is 1. The first-order valence-corrected chi connectivity index (χ1v) is 9.76. The van der Waals surface area contributed by atoms with E-state index >= 15 is 0 Å². The molecule has 4 heteroatoms. The van der Waals surface area contributed by atoms with Crippen molar-refractivity contribution in [3.63, 3.8) is 0 Å². The molecule has 2 amide bonds. The predicted molar refractivity (Wildman–Crippen MR) is 108 cm³/mol. The lowest BCUT2D eigenvalue weighted by molar-refractivity contribution is -0.124. The van der Waals surface area contributed by atoms with Crippen LogP contribution in [0.3, 0.4) is 0 Å². The molecule has 2 atom stereocenters. The quantitative estimate of drug-likeness (QED) is 0.846. The van der Waals surface area contributed by atoms with Gasteiger partial charge in [-0.25, -0.2) is 0 Å². The molecule has 0 spiro atoms. The Morgan fingerprint density at radius 3 is 2.30 bits per heavy atom. The zero-order chi connectivity index (χ0) is 19.2. The van der Waals surface area contributed by atoms with Gasteiger partial charge in [-0.3, -0.25) is 9.59 Å². The van der Waals surface area contributed by atoms with Gasteiger partial charge in [0.25, 0.3) is 5.91 Å². The van der Waals surface area contributed by atoms with Gasteiger partial charge >= 0.3 is 0 Å². The van der Waals surface area contributed by atoms with E-state index in [4.69, 9.17) is 0 Å². The Morgan fingerprint density at radius 1 is 1.04 bits per heavy atom. The number of nitrogens with zero attached hydrogens (tertiary/aromatic N) is 1. The maximum atomic E-state index is 12.8. The van der Waals surface area contributed by atoms with Crippen LogP contribution < -0.4 is 5.32 Å².